The Labute approximate surface area is 269 Å². The number of allylic oxidation sites excluding steroid dienone is 7. The second kappa shape index (κ2) is 9.57. The first-order valence-electron chi connectivity index (χ1n) is 16.6. The molecule has 0 heterocycles. The smallest absolute Gasteiger partial charge is 0.0503 e. The first-order chi connectivity index (χ1) is 21.5. The van der Waals surface area contributed by atoms with Crippen LogP contribution in [0.15, 0.2) is 114 Å². The molecule has 4 aromatic carbocycles. The van der Waals surface area contributed by atoms with Gasteiger partial charge in [0.25, 0.3) is 0 Å². The predicted molar refractivity (Wildman–Crippen MR) is 191 cm³/mol. The van der Waals surface area contributed by atoms with Crippen molar-refractivity contribution in [1.82, 2.24) is 0 Å². The number of hydrogen-bond donors (Lipinski definition) is 0. The molecule has 0 fully saturated rings. The quantitative estimate of drug-likeness (QED) is 0.231. The van der Waals surface area contributed by atoms with E-state index in [0.717, 1.165) is 6.42 Å². The van der Waals surface area contributed by atoms with Crippen LogP contribution in [0.3, 0.4) is 0 Å². The monoisotopic (exact) mass is 585 g/mol. The molecule has 4 aliphatic carbocycles. The summed E-state index contributed by atoms with van der Waals surface area (Å²) in [4.78, 5) is 2.56. The van der Waals surface area contributed by atoms with E-state index < -0.39 is 0 Å². The van der Waals surface area contributed by atoms with Crippen LogP contribution in [0.25, 0.3) is 16.7 Å². The lowest BCUT2D eigenvalue weighted by Crippen LogP contribution is -2.28. The number of hydrogen-bond acceptors (Lipinski definition) is 1. The fourth-order valence-corrected chi connectivity index (χ4v) is 8.83. The van der Waals surface area contributed by atoms with E-state index in [9.17, 15) is 0 Å². The van der Waals surface area contributed by atoms with E-state index in [1.54, 1.807) is 0 Å². The van der Waals surface area contributed by atoms with Gasteiger partial charge in [-0.2, -0.15) is 0 Å². The number of aryl methyl sites for hydroxylation is 4. The molecular formula is C44H43N. The van der Waals surface area contributed by atoms with Crippen LogP contribution in [0.2, 0.25) is 0 Å². The van der Waals surface area contributed by atoms with Crippen molar-refractivity contribution >= 4 is 16.9 Å². The average molecular weight is 586 g/mol. The lowest BCUT2D eigenvalue weighted by Gasteiger charge is -2.39. The van der Waals surface area contributed by atoms with E-state index >= 15 is 0 Å². The van der Waals surface area contributed by atoms with E-state index in [1.165, 1.54) is 89.4 Å². The van der Waals surface area contributed by atoms with Gasteiger partial charge in [0.2, 0.25) is 0 Å². The first kappa shape index (κ1) is 28.1. The minimum Gasteiger partial charge on any atom is -0.310 e. The maximum Gasteiger partial charge on any atom is 0.0503 e. The van der Waals surface area contributed by atoms with Crippen molar-refractivity contribution < 1.29 is 0 Å². The molecule has 0 radical (unpaired) electrons. The minimum absolute atomic E-state index is 0.0159. The Morgan fingerprint density at radius 1 is 0.644 bits per heavy atom. The summed E-state index contributed by atoms with van der Waals surface area (Å²) in [6.07, 6.45) is 10.6. The molecule has 4 aromatic rings. The van der Waals surface area contributed by atoms with Crippen LogP contribution in [-0.4, -0.2) is 0 Å². The Balaban J connectivity index is 1.39. The molecule has 0 N–H and O–H groups in total. The van der Waals surface area contributed by atoms with Crippen LogP contribution in [0.4, 0.5) is 11.4 Å². The predicted octanol–water partition coefficient (Wildman–Crippen LogP) is 11.5. The summed E-state index contributed by atoms with van der Waals surface area (Å²) in [6.45, 7) is 18.6. The van der Waals surface area contributed by atoms with Gasteiger partial charge in [0.05, 0.1) is 5.70 Å². The number of benzene rings is 4. The average Bonchev–Trinajstić information content (AvgIpc) is 3.37. The third-order valence-corrected chi connectivity index (χ3v) is 11.2. The highest BCUT2D eigenvalue weighted by atomic mass is 15.2. The number of anilines is 2. The van der Waals surface area contributed by atoms with Crippen molar-refractivity contribution in [2.75, 3.05) is 4.90 Å². The molecule has 0 amide bonds. The molecule has 0 bridgehead atoms. The van der Waals surface area contributed by atoms with Crippen LogP contribution < -0.4 is 4.90 Å². The fourth-order valence-electron chi connectivity index (χ4n) is 8.83. The standard InChI is InChI=1S/C44H43N/c1-26-17-19-39(28(3)21-26)45(40-20-18-27(2)22-29(40)4)41-25-38-42(32-15-10-9-14-31(32)41)34-24-36-33(23-37(34)44(38,7)8)30-13-11-12-16-35(30)43(36,5)6/h9-14,16-25,32H,15H2,1-8H3. The van der Waals surface area contributed by atoms with Gasteiger partial charge in [0.15, 0.2) is 0 Å². The molecule has 8 rings (SSSR count). The van der Waals surface area contributed by atoms with Crippen molar-refractivity contribution in [2.45, 2.75) is 72.6 Å². The molecule has 0 saturated carbocycles. The molecule has 1 unspecified atom stereocenters. The summed E-state index contributed by atoms with van der Waals surface area (Å²) in [6, 6.07) is 28.0. The van der Waals surface area contributed by atoms with Crippen molar-refractivity contribution in [3.05, 3.63) is 158 Å². The molecule has 0 spiro atoms. The van der Waals surface area contributed by atoms with Crippen LogP contribution >= 0.6 is 0 Å². The molecular weight excluding hydrogens is 542 g/mol. The maximum atomic E-state index is 2.58. The van der Waals surface area contributed by atoms with E-state index in [2.05, 4.69) is 157 Å². The first-order valence-corrected chi connectivity index (χ1v) is 16.6. The van der Waals surface area contributed by atoms with Crippen molar-refractivity contribution in [2.24, 2.45) is 5.92 Å². The Morgan fingerprint density at radius 2 is 1.27 bits per heavy atom. The lowest BCUT2D eigenvalue weighted by molar-refractivity contribution is 0.641. The normalized spacial score (nSPS) is 19.7. The van der Waals surface area contributed by atoms with Crippen molar-refractivity contribution in [3.8, 4) is 11.1 Å². The third kappa shape index (κ3) is 3.92. The summed E-state index contributed by atoms with van der Waals surface area (Å²) >= 11 is 0. The molecule has 224 valence electrons. The zero-order chi connectivity index (χ0) is 31.4. The zero-order valence-electron chi connectivity index (χ0n) is 28.0. The summed E-state index contributed by atoms with van der Waals surface area (Å²) < 4.78 is 0. The Kier molecular flexibility index (Phi) is 5.98. The molecule has 1 atom stereocenters. The number of nitrogens with zero attached hydrogens (tertiary/aromatic N) is 1. The van der Waals surface area contributed by atoms with Crippen molar-refractivity contribution in [1.29, 1.82) is 0 Å². The van der Waals surface area contributed by atoms with Gasteiger partial charge < -0.3 is 4.90 Å². The summed E-state index contributed by atoms with van der Waals surface area (Å²) in [5.41, 5.74) is 21.9. The zero-order valence-corrected chi connectivity index (χ0v) is 28.0. The second-order valence-corrected chi connectivity index (χ2v) is 14.8. The van der Waals surface area contributed by atoms with Gasteiger partial charge in [-0.1, -0.05) is 106 Å². The summed E-state index contributed by atoms with van der Waals surface area (Å²) in [5, 5.41) is 0. The molecule has 0 aliphatic heterocycles. The second-order valence-electron chi connectivity index (χ2n) is 14.8. The largest absolute Gasteiger partial charge is 0.310 e. The van der Waals surface area contributed by atoms with Crippen LogP contribution in [-0.2, 0) is 10.8 Å². The van der Waals surface area contributed by atoms with E-state index in [-0.39, 0.29) is 10.8 Å². The SMILES string of the molecule is Cc1ccc(N(C2=CC3=C(c4cc5c(cc4C3(C)C)-c3ccccc3C5(C)C)C3CC=CC=C23)c2ccc(C)cc2C)c(C)c1. The van der Waals surface area contributed by atoms with E-state index in [0.29, 0.717) is 5.92 Å². The summed E-state index contributed by atoms with van der Waals surface area (Å²) in [7, 11) is 0. The molecule has 4 aliphatic rings. The highest BCUT2D eigenvalue weighted by Gasteiger charge is 2.46. The Bertz CT molecular complexity index is 2020. The number of fused-ring (bicyclic) bond motifs is 7. The van der Waals surface area contributed by atoms with Gasteiger partial charge in [-0.05, 0) is 126 Å². The topological polar surface area (TPSA) is 3.24 Å². The highest BCUT2D eigenvalue weighted by molar-refractivity contribution is 5.94. The Morgan fingerprint density at radius 3 is 1.93 bits per heavy atom. The van der Waals surface area contributed by atoms with Crippen LogP contribution in [0.5, 0.6) is 0 Å². The van der Waals surface area contributed by atoms with Crippen molar-refractivity contribution in [3.63, 3.8) is 0 Å². The van der Waals surface area contributed by atoms with Gasteiger partial charge in [0.1, 0.15) is 0 Å². The highest BCUT2D eigenvalue weighted by Crippen LogP contribution is 2.60. The minimum atomic E-state index is -0.115. The van der Waals surface area contributed by atoms with Gasteiger partial charge in [0, 0.05) is 28.1 Å². The van der Waals surface area contributed by atoms with Gasteiger partial charge in [-0.15, -0.1) is 0 Å². The molecule has 1 nitrogen and oxygen atoms in total. The third-order valence-electron chi connectivity index (χ3n) is 11.2. The van der Waals surface area contributed by atoms with Crippen LogP contribution in [0.1, 0.15) is 78.6 Å². The van der Waals surface area contributed by atoms with E-state index in [1.807, 2.05) is 0 Å². The summed E-state index contributed by atoms with van der Waals surface area (Å²) in [5.74, 6) is 0.314. The Hall–Kier alpha value is -4.36. The molecule has 0 aromatic heterocycles. The van der Waals surface area contributed by atoms with Gasteiger partial charge >= 0.3 is 0 Å². The molecule has 45 heavy (non-hydrogen) atoms. The molecule has 0 saturated heterocycles. The van der Waals surface area contributed by atoms with Gasteiger partial charge in [-0.25, -0.2) is 0 Å². The fraction of sp³-hybridized carbons (Fsp3) is 0.273. The van der Waals surface area contributed by atoms with Gasteiger partial charge in [-0.3, -0.25) is 0 Å². The number of rotatable bonds is 3. The maximum absolute atomic E-state index is 2.58. The lowest BCUT2D eigenvalue weighted by atomic mass is 9.73. The molecule has 1 heteroatoms. The van der Waals surface area contributed by atoms with E-state index in [4.69, 9.17) is 0 Å². The van der Waals surface area contributed by atoms with Crippen LogP contribution in [0, 0.1) is 33.6 Å².